The second-order valence-electron chi connectivity index (χ2n) is 7.49. The van der Waals surface area contributed by atoms with E-state index in [4.69, 9.17) is 14.2 Å². The summed E-state index contributed by atoms with van der Waals surface area (Å²) < 4.78 is 17.6. The number of nitriles is 1. The van der Waals surface area contributed by atoms with Gasteiger partial charge >= 0.3 is 0 Å². The number of carbonyl (C=O) groups excluding carboxylic acids is 1. The molecular formula is C25H22N2O5. The van der Waals surface area contributed by atoms with E-state index in [1.54, 1.807) is 44.6 Å². The lowest BCUT2D eigenvalue weighted by molar-refractivity contribution is 0.0962. The van der Waals surface area contributed by atoms with Gasteiger partial charge in [-0.2, -0.15) is 5.26 Å². The van der Waals surface area contributed by atoms with Crippen molar-refractivity contribution in [2.75, 3.05) is 21.3 Å². The van der Waals surface area contributed by atoms with Gasteiger partial charge < -0.3 is 14.2 Å². The number of pyridine rings is 1. The number of hydrogen-bond donors (Lipinski definition) is 0. The van der Waals surface area contributed by atoms with Crippen molar-refractivity contribution in [3.63, 3.8) is 0 Å². The molecule has 1 aliphatic rings. The normalized spacial score (nSPS) is 14.9. The maximum atomic E-state index is 13.2. The lowest BCUT2D eigenvalue weighted by Gasteiger charge is -2.28. The Balaban J connectivity index is 1.91. The number of para-hydroxylation sites is 2. The predicted octanol–water partition coefficient (Wildman–Crippen LogP) is 3.65. The smallest absolute Gasteiger partial charge is 0.273 e. The second kappa shape index (κ2) is 8.60. The van der Waals surface area contributed by atoms with Gasteiger partial charge in [0.05, 0.1) is 27.0 Å². The van der Waals surface area contributed by atoms with Crippen LogP contribution in [0, 0.1) is 11.3 Å². The molecule has 32 heavy (non-hydrogen) atoms. The van der Waals surface area contributed by atoms with Gasteiger partial charge in [0.1, 0.15) is 17.4 Å². The predicted molar refractivity (Wildman–Crippen MR) is 118 cm³/mol. The number of ether oxygens (including phenoxy) is 3. The molecule has 0 bridgehead atoms. The Hall–Kier alpha value is -4.05. The molecule has 162 valence electrons. The quantitative estimate of drug-likeness (QED) is 0.614. The molecule has 0 radical (unpaired) electrons. The number of rotatable bonds is 5. The zero-order chi connectivity index (χ0) is 22.8. The molecule has 0 fully saturated rings. The first kappa shape index (κ1) is 21.2. The number of methoxy groups -OCH3 is 3. The molecule has 0 saturated carbocycles. The first-order chi connectivity index (χ1) is 15.5. The minimum absolute atomic E-state index is 0.0763. The third-order valence-electron chi connectivity index (χ3n) is 5.80. The third-order valence-corrected chi connectivity index (χ3v) is 5.80. The Labute approximate surface area is 185 Å². The Bertz CT molecular complexity index is 1300. The molecule has 7 nitrogen and oxygen atoms in total. The van der Waals surface area contributed by atoms with E-state index < -0.39 is 5.56 Å². The van der Waals surface area contributed by atoms with Gasteiger partial charge in [-0.05, 0) is 48.2 Å². The summed E-state index contributed by atoms with van der Waals surface area (Å²) in [4.78, 5) is 26.4. The number of benzene rings is 2. The minimum Gasteiger partial charge on any atom is -0.495 e. The molecule has 7 heteroatoms. The van der Waals surface area contributed by atoms with Crippen LogP contribution >= 0.6 is 0 Å². The van der Waals surface area contributed by atoms with Gasteiger partial charge in [0.25, 0.3) is 5.56 Å². The molecule has 0 amide bonds. The van der Waals surface area contributed by atoms with Gasteiger partial charge in [-0.1, -0.05) is 18.2 Å². The summed E-state index contributed by atoms with van der Waals surface area (Å²) in [6, 6.07) is 16.0. The zero-order valence-electron chi connectivity index (χ0n) is 18.0. The number of ketones is 1. The van der Waals surface area contributed by atoms with Crippen LogP contribution in [0.25, 0.3) is 5.69 Å². The molecule has 0 N–H and O–H groups in total. The first-order valence-electron chi connectivity index (χ1n) is 10.1. The van der Waals surface area contributed by atoms with Crippen molar-refractivity contribution in [3.05, 3.63) is 81.3 Å². The van der Waals surface area contributed by atoms with Gasteiger partial charge in [-0.25, -0.2) is 0 Å². The molecule has 1 unspecified atom stereocenters. The van der Waals surface area contributed by atoms with Crippen LogP contribution in [0.5, 0.6) is 17.2 Å². The van der Waals surface area contributed by atoms with Crippen LogP contribution < -0.4 is 19.8 Å². The molecular weight excluding hydrogens is 408 g/mol. The van der Waals surface area contributed by atoms with Crippen LogP contribution in [0.4, 0.5) is 0 Å². The standard InChI is InChI=1S/C25H22N2O5/c1-30-22-7-5-4-6-19(22)27-20-11-16(15-8-9-23(31-2)24(13-15)32-3)12-21(28)18(20)10-17(14-26)25(27)29/h4-10,13,16H,11-12H2,1-3H3. The SMILES string of the molecule is COc1ccc(C2CC(=O)c3cc(C#N)c(=O)n(-c4ccccc4OC)c3C2)cc1OC. The number of nitrogens with zero attached hydrogens (tertiary/aromatic N) is 2. The minimum atomic E-state index is -0.475. The van der Waals surface area contributed by atoms with Crippen molar-refractivity contribution in [2.45, 2.75) is 18.8 Å². The molecule has 1 atom stereocenters. The highest BCUT2D eigenvalue weighted by atomic mass is 16.5. The van der Waals surface area contributed by atoms with Crippen LogP contribution in [0.2, 0.25) is 0 Å². The van der Waals surface area contributed by atoms with E-state index in [0.717, 1.165) is 5.56 Å². The average molecular weight is 430 g/mol. The summed E-state index contributed by atoms with van der Waals surface area (Å²) in [5.74, 6) is 1.37. The topological polar surface area (TPSA) is 90.6 Å². The summed E-state index contributed by atoms with van der Waals surface area (Å²) in [5.41, 5.74) is 1.81. The van der Waals surface area contributed by atoms with Crippen LogP contribution in [-0.2, 0) is 6.42 Å². The summed E-state index contributed by atoms with van der Waals surface area (Å²) in [5, 5.41) is 9.51. The molecule has 2 aromatic carbocycles. The van der Waals surface area contributed by atoms with E-state index >= 15 is 0 Å². The molecule has 3 aromatic rings. The molecule has 1 aliphatic carbocycles. The fourth-order valence-corrected chi connectivity index (χ4v) is 4.23. The fraction of sp³-hybridized carbons (Fsp3) is 0.240. The zero-order valence-corrected chi connectivity index (χ0v) is 18.0. The van der Waals surface area contributed by atoms with Gasteiger partial charge in [0.2, 0.25) is 0 Å². The largest absolute Gasteiger partial charge is 0.495 e. The van der Waals surface area contributed by atoms with Gasteiger partial charge in [-0.15, -0.1) is 0 Å². The van der Waals surface area contributed by atoms with E-state index in [1.165, 1.54) is 17.7 Å². The van der Waals surface area contributed by atoms with Crippen LogP contribution in [0.1, 0.15) is 39.5 Å². The molecule has 4 rings (SSSR count). The third kappa shape index (κ3) is 3.50. The first-order valence-corrected chi connectivity index (χ1v) is 10.1. The summed E-state index contributed by atoms with van der Waals surface area (Å²) in [6.45, 7) is 0. The fourth-order valence-electron chi connectivity index (χ4n) is 4.23. The van der Waals surface area contributed by atoms with E-state index in [1.807, 2.05) is 18.2 Å². The highest BCUT2D eigenvalue weighted by Crippen LogP contribution is 2.38. The van der Waals surface area contributed by atoms with E-state index in [2.05, 4.69) is 0 Å². The molecule has 0 spiro atoms. The summed E-state index contributed by atoms with van der Waals surface area (Å²) in [6.07, 6.45) is 0.701. The Kier molecular flexibility index (Phi) is 5.69. The maximum absolute atomic E-state index is 13.2. The molecule has 1 heterocycles. The van der Waals surface area contributed by atoms with Crippen LogP contribution in [0.3, 0.4) is 0 Å². The van der Waals surface area contributed by atoms with Crippen LogP contribution in [-0.4, -0.2) is 31.7 Å². The maximum Gasteiger partial charge on any atom is 0.273 e. The molecule has 1 aromatic heterocycles. The number of Topliss-reactive ketones (excluding diaryl/α,β-unsaturated/α-hetero) is 1. The van der Waals surface area contributed by atoms with Gasteiger partial charge in [0, 0.05) is 17.7 Å². The average Bonchev–Trinajstić information content (AvgIpc) is 2.83. The summed E-state index contributed by atoms with van der Waals surface area (Å²) in [7, 11) is 4.64. The highest BCUT2D eigenvalue weighted by molar-refractivity contribution is 5.99. The highest BCUT2D eigenvalue weighted by Gasteiger charge is 2.31. The Morgan fingerprint density at radius 3 is 2.31 bits per heavy atom. The number of hydrogen-bond acceptors (Lipinski definition) is 6. The van der Waals surface area contributed by atoms with Crippen molar-refractivity contribution >= 4 is 5.78 Å². The van der Waals surface area contributed by atoms with E-state index in [-0.39, 0.29) is 23.7 Å². The van der Waals surface area contributed by atoms with Crippen molar-refractivity contribution in [1.82, 2.24) is 4.57 Å². The van der Waals surface area contributed by atoms with Gasteiger partial charge in [-0.3, -0.25) is 14.2 Å². The van der Waals surface area contributed by atoms with Crippen molar-refractivity contribution in [3.8, 4) is 29.0 Å². The van der Waals surface area contributed by atoms with Crippen molar-refractivity contribution in [1.29, 1.82) is 5.26 Å². The second-order valence-corrected chi connectivity index (χ2v) is 7.49. The van der Waals surface area contributed by atoms with E-state index in [9.17, 15) is 14.9 Å². The molecule has 0 aliphatic heterocycles. The monoisotopic (exact) mass is 430 g/mol. The van der Waals surface area contributed by atoms with Crippen molar-refractivity contribution < 1.29 is 19.0 Å². The lowest BCUT2D eigenvalue weighted by Crippen LogP contribution is -2.31. The Morgan fingerprint density at radius 1 is 0.906 bits per heavy atom. The lowest BCUT2D eigenvalue weighted by atomic mass is 9.81. The number of aromatic nitrogens is 1. The Morgan fingerprint density at radius 2 is 1.62 bits per heavy atom. The van der Waals surface area contributed by atoms with Gasteiger partial charge in [0.15, 0.2) is 17.3 Å². The molecule has 0 saturated heterocycles. The van der Waals surface area contributed by atoms with Crippen LogP contribution in [0.15, 0.2) is 53.3 Å². The van der Waals surface area contributed by atoms with E-state index in [0.29, 0.717) is 40.6 Å². The van der Waals surface area contributed by atoms with Crippen molar-refractivity contribution in [2.24, 2.45) is 0 Å². The summed E-state index contributed by atoms with van der Waals surface area (Å²) >= 11 is 0. The number of fused-ring (bicyclic) bond motifs is 1. The number of carbonyl (C=O) groups is 1.